The molecule has 2 amide bonds. The third kappa shape index (κ3) is 4.31. The van der Waals surface area contributed by atoms with Crippen molar-refractivity contribution in [1.29, 1.82) is 0 Å². The summed E-state index contributed by atoms with van der Waals surface area (Å²) in [5, 5.41) is 7.30. The monoisotopic (exact) mass is 375 g/mol. The molecule has 148 valence electrons. The Balaban J connectivity index is 1.27. The van der Waals surface area contributed by atoms with E-state index in [0.29, 0.717) is 44.2 Å². The molecule has 4 rings (SSSR count). The number of hydrogen-bond donors (Lipinski definition) is 1. The van der Waals surface area contributed by atoms with Gasteiger partial charge in [0.2, 0.25) is 17.7 Å². The largest absolute Gasteiger partial charge is 0.345 e. The maximum absolute atomic E-state index is 12.8. The van der Waals surface area contributed by atoms with Gasteiger partial charge in [0, 0.05) is 52.1 Å². The molecule has 2 atom stereocenters. The molecule has 2 saturated heterocycles. The molecular formula is C19H29N5O3. The third-order valence-corrected chi connectivity index (χ3v) is 5.92. The first-order valence-electron chi connectivity index (χ1n) is 10.2. The summed E-state index contributed by atoms with van der Waals surface area (Å²) < 4.78 is 5.27. The summed E-state index contributed by atoms with van der Waals surface area (Å²) >= 11 is 0. The van der Waals surface area contributed by atoms with Crippen LogP contribution in [0.4, 0.5) is 0 Å². The number of aromatic nitrogens is 2. The Labute approximate surface area is 159 Å². The van der Waals surface area contributed by atoms with Crippen molar-refractivity contribution in [3.8, 4) is 0 Å². The van der Waals surface area contributed by atoms with Gasteiger partial charge in [-0.3, -0.25) is 9.59 Å². The van der Waals surface area contributed by atoms with Crippen molar-refractivity contribution in [2.45, 2.75) is 44.4 Å². The lowest BCUT2D eigenvalue weighted by atomic mass is 9.88. The lowest BCUT2D eigenvalue weighted by molar-refractivity contribution is -0.139. The minimum Gasteiger partial charge on any atom is -0.345 e. The van der Waals surface area contributed by atoms with Gasteiger partial charge < -0.3 is 19.6 Å². The first-order valence-corrected chi connectivity index (χ1v) is 10.2. The molecule has 1 aliphatic carbocycles. The fourth-order valence-electron chi connectivity index (χ4n) is 4.07. The highest BCUT2D eigenvalue weighted by Crippen LogP contribution is 2.38. The number of carbonyl (C=O) groups is 2. The van der Waals surface area contributed by atoms with Gasteiger partial charge in [-0.25, -0.2) is 0 Å². The van der Waals surface area contributed by atoms with Crippen molar-refractivity contribution in [3.63, 3.8) is 0 Å². The highest BCUT2D eigenvalue weighted by molar-refractivity contribution is 5.83. The zero-order chi connectivity index (χ0) is 18.8. The standard InChI is InChI=1S/C19H29N5O3/c1-23(9-6-16-21-17(27-22-16)13-4-5-13)18(25)14-10-15(12-20-11-14)19(26)24-7-2-3-8-24/h13-15,20H,2-12H2,1H3. The molecule has 3 heterocycles. The van der Waals surface area contributed by atoms with Crippen LogP contribution in [0.3, 0.4) is 0 Å². The molecule has 3 fully saturated rings. The second kappa shape index (κ2) is 7.96. The van der Waals surface area contributed by atoms with E-state index in [4.69, 9.17) is 4.52 Å². The van der Waals surface area contributed by atoms with Crippen LogP contribution in [0.1, 0.15) is 49.7 Å². The zero-order valence-electron chi connectivity index (χ0n) is 16.0. The van der Waals surface area contributed by atoms with Crippen LogP contribution < -0.4 is 5.32 Å². The topological polar surface area (TPSA) is 91.6 Å². The van der Waals surface area contributed by atoms with E-state index >= 15 is 0 Å². The number of hydrogen-bond acceptors (Lipinski definition) is 6. The molecule has 0 aromatic carbocycles. The molecular weight excluding hydrogens is 346 g/mol. The van der Waals surface area contributed by atoms with Crippen molar-refractivity contribution in [3.05, 3.63) is 11.7 Å². The van der Waals surface area contributed by atoms with Gasteiger partial charge in [-0.15, -0.1) is 0 Å². The summed E-state index contributed by atoms with van der Waals surface area (Å²) in [7, 11) is 1.82. The van der Waals surface area contributed by atoms with Crippen molar-refractivity contribution >= 4 is 11.8 Å². The predicted octanol–water partition coefficient (Wildman–Crippen LogP) is 0.796. The van der Waals surface area contributed by atoms with Gasteiger partial charge in [-0.1, -0.05) is 5.16 Å². The van der Waals surface area contributed by atoms with E-state index < -0.39 is 0 Å². The van der Waals surface area contributed by atoms with Crippen molar-refractivity contribution in [1.82, 2.24) is 25.3 Å². The maximum atomic E-state index is 12.8. The Morgan fingerprint density at radius 3 is 2.70 bits per heavy atom. The fourth-order valence-corrected chi connectivity index (χ4v) is 4.07. The van der Waals surface area contributed by atoms with E-state index in [1.165, 1.54) is 0 Å². The highest BCUT2D eigenvalue weighted by atomic mass is 16.5. The van der Waals surface area contributed by atoms with Crippen molar-refractivity contribution < 1.29 is 14.1 Å². The molecule has 2 aliphatic heterocycles. The first-order chi connectivity index (χ1) is 13.1. The van der Waals surface area contributed by atoms with Crippen LogP contribution in [0.25, 0.3) is 0 Å². The van der Waals surface area contributed by atoms with E-state index in [-0.39, 0.29) is 23.7 Å². The summed E-state index contributed by atoms with van der Waals surface area (Å²) in [6.07, 6.45) is 5.68. The van der Waals surface area contributed by atoms with Gasteiger partial charge in [0.15, 0.2) is 5.82 Å². The molecule has 27 heavy (non-hydrogen) atoms. The third-order valence-electron chi connectivity index (χ3n) is 5.92. The van der Waals surface area contributed by atoms with E-state index in [9.17, 15) is 9.59 Å². The zero-order valence-corrected chi connectivity index (χ0v) is 16.0. The van der Waals surface area contributed by atoms with Crippen LogP contribution in [0.2, 0.25) is 0 Å². The van der Waals surface area contributed by atoms with Gasteiger partial charge in [-0.05, 0) is 32.1 Å². The molecule has 1 aromatic rings. The number of nitrogens with zero attached hydrogens (tertiary/aromatic N) is 4. The number of likely N-dealkylation sites (N-methyl/N-ethyl adjacent to an activating group) is 1. The van der Waals surface area contributed by atoms with Gasteiger partial charge in [0.25, 0.3) is 0 Å². The van der Waals surface area contributed by atoms with Gasteiger partial charge >= 0.3 is 0 Å². The molecule has 8 nitrogen and oxygen atoms in total. The van der Waals surface area contributed by atoms with Crippen LogP contribution in [0.15, 0.2) is 4.52 Å². The summed E-state index contributed by atoms with van der Waals surface area (Å²) in [6, 6.07) is 0. The molecule has 1 saturated carbocycles. The van der Waals surface area contributed by atoms with Crippen molar-refractivity contribution in [2.75, 3.05) is 39.8 Å². The molecule has 3 aliphatic rings. The Morgan fingerprint density at radius 2 is 1.96 bits per heavy atom. The average molecular weight is 375 g/mol. The van der Waals surface area contributed by atoms with E-state index in [2.05, 4.69) is 15.5 Å². The minimum atomic E-state index is -0.146. The number of rotatable bonds is 6. The van der Waals surface area contributed by atoms with Gasteiger partial charge in [0.1, 0.15) is 0 Å². The molecule has 0 radical (unpaired) electrons. The lowest BCUT2D eigenvalue weighted by Crippen LogP contribution is -2.49. The number of nitrogens with one attached hydrogen (secondary N) is 1. The lowest BCUT2D eigenvalue weighted by Gasteiger charge is -2.33. The Kier molecular flexibility index (Phi) is 5.43. The smallest absolute Gasteiger partial charge is 0.229 e. The van der Waals surface area contributed by atoms with E-state index in [1.54, 1.807) is 4.90 Å². The summed E-state index contributed by atoms with van der Waals surface area (Å²) in [5.74, 6) is 1.92. The second-order valence-electron chi connectivity index (χ2n) is 8.15. The van der Waals surface area contributed by atoms with Crippen LogP contribution in [0.5, 0.6) is 0 Å². The normalized spacial score (nSPS) is 25.6. The fraction of sp³-hybridized carbons (Fsp3) is 0.789. The van der Waals surface area contributed by atoms with E-state index in [0.717, 1.165) is 44.7 Å². The summed E-state index contributed by atoms with van der Waals surface area (Å²) in [5.41, 5.74) is 0. The Hall–Kier alpha value is -1.96. The molecule has 1 N–H and O–H groups in total. The maximum Gasteiger partial charge on any atom is 0.229 e. The summed E-state index contributed by atoms with van der Waals surface area (Å²) in [6.45, 7) is 3.60. The van der Waals surface area contributed by atoms with Crippen LogP contribution in [0, 0.1) is 11.8 Å². The Morgan fingerprint density at radius 1 is 1.22 bits per heavy atom. The molecule has 0 bridgehead atoms. The van der Waals surface area contributed by atoms with E-state index in [1.807, 2.05) is 11.9 Å². The number of likely N-dealkylation sites (tertiary alicyclic amines) is 1. The first kappa shape index (κ1) is 18.4. The van der Waals surface area contributed by atoms with Gasteiger partial charge in [-0.2, -0.15) is 4.98 Å². The van der Waals surface area contributed by atoms with Crippen molar-refractivity contribution in [2.24, 2.45) is 11.8 Å². The number of piperidine rings is 1. The molecule has 8 heteroatoms. The molecule has 1 aromatic heterocycles. The second-order valence-corrected chi connectivity index (χ2v) is 8.15. The summed E-state index contributed by atoms with van der Waals surface area (Å²) in [4.78, 5) is 33.6. The van der Waals surface area contributed by atoms with Crippen LogP contribution in [-0.4, -0.2) is 71.5 Å². The number of amides is 2. The number of carbonyl (C=O) groups excluding carboxylic acids is 2. The Bertz CT molecular complexity index is 681. The quantitative estimate of drug-likeness (QED) is 0.791. The average Bonchev–Trinajstić information content (AvgIpc) is 3.20. The highest BCUT2D eigenvalue weighted by Gasteiger charge is 2.35. The predicted molar refractivity (Wildman–Crippen MR) is 97.9 cm³/mol. The molecule has 2 unspecified atom stereocenters. The van der Waals surface area contributed by atoms with Crippen LogP contribution >= 0.6 is 0 Å². The van der Waals surface area contributed by atoms with Crippen LogP contribution in [-0.2, 0) is 16.0 Å². The SMILES string of the molecule is CN(CCc1noc(C2CC2)n1)C(=O)C1CNCC(C(=O)N2CCCC2)C1. The molecule has 0 spiro atoms. The van der Waals surface area contributed by atoms with Gasteiger partial charge in [0.05, 0.1) is 11.8 Å². The minimum absolute atomic E-state index is 0.0856.